The number of nitrogens with zero attached hydrogens (tertiary/aromatic N) is 5. The maximum atomic E-state index is 14.1. The summed E-state index contributed by atoms with van der Waals surface area (Å²) in [5.41, 5.74) is 5.71. The van der Waals surface area contributed by atoms with Gasteiger partial charge < -0.3 is 30.2 Å². The molecule has 5 amide bonds. The van der Waals surface area contributed by atoms with Gasteiger partial charge in [0.15, 0.2) is 0 Å². The summed E-state index contributed by atoms with van der Waals surface area (Å²) in [7, 11) is 2.18. The van der Waals surface area contributed by atoms with Gasteiger partial charge in [-0.05, 0) is 73.9 Å². The second-order valence-corrected chi connectivity index (χ2v) is 13.8. The fraction of sp³-hybridized carbons (Fsp3) is 0.595. The monoisotopic (exact) mass is 643 g/mol. The van der Waals surface area contributed by atoms with E-state index in [1.54, 1.807) is 0 Å². The highest BCUT2D eigenvalue weighted by molar-refractivity contribution is 5.92. The average Bonchev–Trinajstić information content (AvgIpc) is 3.11. The number of fused-ring (bicyclic) bond motifs is 1. The number of piperazine rings is 1. The van der Waals surface area contributed by atoms with Gasteiger partial charge in [-0.3, -0.25) is 9.69 Å². The predicted octanol–water partition coefficient (Wildman–Crippen LogP) is 4.18. The van der Waals surface area contributed by atoms with Crippen molar-refractivity contribution in [1.29, 1.82) is 0 Å². The van der Waals surface area contributed by atoms with Crippen LogP contribution in [0.5, 0.6) is 0 Å². The highest BCUT2D eigenvalue weighted by Gasteiger charge is 2.36. The molecule has 4 aliphatic heterocycles. The van der Waals surface area contributed by atoms with Crippen LogP contribution in [0.4, 0.5) is 15.3 Å². The fourth-order valence-corrected chi connectivity index (χ4v) is 7.91. The van der Waals surface area contributed by atoms with Gasteiger partial charge in [0.2, 0.25) is 5.91 Å². The molecule has 0 aromatic heterocycles. The molecule has 2 aromatic rings. The minimum Gasteiger partial charge on any atom is -0.341 e. The predicted molar refractivity (Wildman–Crippen MR) is 185 cm³/mol. The largest absolute Gasteiger partial charge is 0.341 e. The normalized spacial score (nSPS) is 20.9. The third kappa shape index (κ3) is 7.75. The van der Waals surface area contributed by atoms with Gasteiger partial charge in [0, 0.05) is 83.1 Å². The molecule has 3 fully saturated rings. The number of nitrogens with one attached hydrogen (secondary N) is 2. The van der Waals surface area contributed by atoms with Crippen molar-refractivity contribution in [3.05, 3.63) is 64.7 Å². The number of anilines is 1. The van der Waals surface area contributed by atoms with Crippen molar-refractivity contribution in [2.75, 3.05) is 64.7 Å². The lowest BCUT2D eigenvalue weighted by Crippen LogP contribution is -2.58. The van der Waals surface area contributed by atoms with E-state index in [4.69, 9.17) is 0 Å². The number of likely N-dealkylation sites (tertiary alicyclic amines) is 2. The number of rotatable bonds is 8. The number of hydrogen-bond donors (Lipinski definition) is 2. The number of urea groups is 2. The van der Waals surface area contributed by atoms with Gasteiger partial charge in [-0.2, -0.15) is 0 Å². The molecule has 1 unspecified atom stereocenters. The van der Waals surface area contributed by atoms with Crippen LogP contribution in [-0.2, 0) is 30.6 Å². The molecule has 0 aliphatic carbocycles. The molecule has 2 aromatic carbocycles. The Bertz CT molecular complexity index is 1410. The number of hydrogen-bond acceptors (Lipinski definition) is 5. The Kier molecular flexibility index (Phi) is 10.7. The summed E-state index contributed by atoms with van der Waals surface area (Å²) in [6.45, 7) is 11.8. The fourth-order valence-electron chi connectivity index (χ4n) is 7.91. The molecule has 0 saturated carbocycles. The Morgan fingerprint density at radius 3 is 2.19 bits per heavy atom. The van der Waals surface area contributed by atoms with Crippen LogP contribution in [0.2, 0.25) is 0 Å². The number of carbonyl (C=O) groups excluding carboxylic acids is 3. The molecule has 6 rings (SSSR count). The summed E-state index contributed by atoms with van der Waals surface area (Å²) in [5, 5.41) is 6.20. The maximum absolute atomic E-state index is 14.1. The number of para-hydroxylation sites is 1. The minimum absolute atomic E-state index is 0.0198. The first kappa shape index (κ1) is 33.3. The number of piperidine rings is 2. The first-order valence-corrected chi connectivity index (χ1v) is 17.9. The average molecular weight is 644 g/mol. The highest BCUT2D eigenvalue weighted by atomic mass is 16.2. The Hall–Kier alpha value is -3.63. The van der Waals surface area contributed by atoms with Crippen molar-refractivity contribution in [2.24, 2.45) is 0 Å². The molecule has 0 spiro atoms. The molecule has 10 nitrogen and oxygen atoms in total. The van der Waals surface area contributed by atoms with Crippen molar-refractivity contribution in [1.82, 2.24) is 29.8 Å². The quantitative estimate of drug-likeness (QED) is 0.451. The summed E-state index contributed by atoms with van der Waals surface area (Å²) in [6.07, 6.45) is 5.76. The Labute approximate surface area is 280 Å². The number of carbonyl (C=O) groups is 3. The first-order chi connectivity index (χ1) is 22.8. The molecular weight excluding hydrogens is 590 g/mol. The van der Waals surface area contributed by atoms with Gasteiger partial charge in [-0.1, -0.05) is 50.2 Å². The molecule has 47 heavy (non-hydrogen) atoms. The van der Waals surface area contributed by atoms with Gasteiger partial charge in [0.05, 0.1) is 0 Å². The van der Waals surface area contributed by atoms with E-state index < -0.39 is 6.04 Å². The van der Waals surface area contributed by atoms with Crippen LogP contribution in [0, 0.1) is 0 Å². The van der Waals surface area contributed by atoms with E-state index in [-0.39, 0.29) is 24.0 Å². The smallest absolute Gasteiger partial charge is 0.322 e. The van der Waals surface area contributed by atoms with Crippen molar-refractivity contribution in [2.45, 2.75) is 83.5 Å². The van der Waals surface area contributed by atoms with E-state index in [1.807, 2.05) is 32.9 Å². The molecule has 254 valence electrons. The highest BCUT2D eigenvalue weighted by Crippen LogP contribution is 2.28. The van der Waals surface area contributed by atoms with Gasteiger partial charge in [0.1, 0.15) is 6.04 Å². The van der Waals surface area contributed by atoms with E-state index in [0.29, 0.717) is 44.9 Å². The van der Waals surface area contributed by atoms with Gasteiger partial charge >= 0.3 is 12.1 Å². The van der Waals surface area contributed by atoms with Gasteiger partial charge in [0.25, 0.3) is 0 Å². The van der Waals surface area contributed by atoms with E-state index in [0.717, 1.165) is 81.8 Å². The van der Waals surface area contributed by atoms with E-state index in [9.17, 15) is 14.4 Å². The summed E-state index contributed by atoms with van der Waals surface area (Å²) in [6, 6.07) is 14.1. The Balaban J connectivity index is 1.09. The van der Waals surface area contributed by atoms with Crippen molar-refractivity contribution < 1.29 is 14.4 Å². The summed E-state index contributed by atoms with van der Waals surface area (Å²) < 4.78 is 0. The zero-order valence-corrected chi connectivity index (χ0v) is 28.5. The van der Waals surface area contributed by atoms with Crippen LogP contribution >= 0.6 is 0 Å². The number of amides is 5. The van der Waals surface area contributed by atoms with Crippen LogP contribution in [0.25, 0.3) is 0 Å². The molecule has 4 heterocycles. The van der Waals surface area contributed by atoms with Crippen LogP contribution in [0.1, 0.15) is 61.8 Å². The number of benzene rings is 2. The van der Waals surface area contributed by atoms with Crippen molar-refractivity contribution in [3.63, 3.8) is 0 Å². The van der Waals surface area contributed by atoms with Gasteiger partial charge in [-0.25, -0.2) is 9.59 Å². The zero-order valence-electron chi connectivity index (χ0n) is 28.5. The molecule has 1 atom stereocenters. The van der Waals surface area contributed by atoms with Crippen LogP contribution in [0.15, 0.2) is 42.5 Å². The lowest BCUT2D eigenvalue weighted by atomic mass is 9.95. The molecule has 2 N–H and O–H groups in total. The second-order valence-electron chi connectivity index (χ2n) is 13.8. The number of likely N-dealkylation sites (N-methyl/N-ethyl adjacent to an activating group) is 1. The summed E-state index contributed by atoms with van der Waals surface area (Å²) in [5.74, 6) is 0.0198. The van der Waals surface area contributed by atoms with E-state index in [2.05, 4.69) is 65.6 Å². The molecular formula is C37H53N7O3. The lowest BCUT2D eigenvalue weighted by Gasteiger charge is -2.43. The molecule has 0 bridgehead atoms. The second kappa shape index (κ2) is 15.1. The summed E-state index contributed by atoms with van der Waals surface area (Å²) >= 11 is 0. The maximum Gasteiger partial charge on any atom is 0.322 e. The first-order valence-electron chi connectivity index (χ1n) is 17.9. The standard InChI is InChI=1S/C37H53N7O3/c1-4-28-11-10-27(24-29(28)5-2)25-34(35(45)42-16-12-31(13-17-42)41-22-20-40(3)21-23-41)39-36(46)43-18-14-32(15-19-43)44-26-30-8-6-7-9-33(30)38-37(44)47/h6-11,24,31-32,34H,4-5,12-23,25-26H2,1-3H3,(H,38,47)(H,39,46). The van der Waals surface area contributed by atoms with Gasteiger partial charge in [-0.15, -0.1) is 0 Å². The minimum atomic E-state index is -0.623. The lowest BCUT2D eigenvalue weighted by molar-refractivity contribution is -0.135. The van der Waals surface area contributed by atoms with Crippen LogP contribution in [0.3, 0.4) is 0 Å². The van der Waals surface area contributed by atoms with E-state index >= 15 is 0 Å². The molecule has 0 radical (unpaired) electrons. The van der Waals surface area contributed by atoms with E-state index in [1.165, 1.54) is 11.1 Å². The summed E-state index contributed by atoms with van der Waals surface area (Å²) in [4.78, 5) is 51.5. The molecule has 10 heteroatoms. The van der Waals surface area contributed by atoms with Crippen LogP contribution in [-0.4, -0.2) is 120 Å². The van der Waals surface area contributed by atoms with Crippen LogP contribution < -0.4 is 10.6 Å². The zero-order chi connectivity index (χ0) is 32.9. The third-order valence-corrected chi connectivity index (χ3v) is 11.0. The Morgan fingerprint density at radius 2 is 1.49 bits per heavy atom. The molecule has 4 aliphatic rings. The van der Waals surface area contributed by atoms with Crippen molar-refractivity contribution in [3.8, 4) is 0 Å². The number of aryl methyl sites for hydroxylation is 2. The third-order valence-electron chi connectivity index (χ3n) is 11.0. The Morgan fingerprint density at radius 1 is 0.830 bits per heavy atom. The topological polar surface area (TPSA) is 91.5 Å². The SMILES string of the molecule is CCc1ccc(CC(NC(=O)N2CCC(N3Cc4ccccc4NC3=O)CC2)C(=O)N2CCC(N3CCN(C)CC3)CC2)cc1CC. The molecule has 3 saturated heterocycles. The van der Waals surface area contributed by atoms with Crippen molar-refractivity contribution >= 4 is 23.7 Å².